The van der Waals surface area contributed by atoms with E-state index in [1.807, 2.05) is 11.9 Å². The molecule has 0 unspecified atom stereocenters. The fourth-order valence-corrected chi connectivity index (χ4v) is 3.81. The molecule has 108 valence electrons. The largest absolute Gasteiger partial charge is 0.342 e. The number of carbonyl (C=O) groups excluding carboxylic acids is 1. The Labute approximate surface area is 122 Å². The zero-order valence-corrected chi connectivity index (χ0v) is 13.1. The Morgan fingerprint density at radius 1 is 1.15 bits per heavy atom. The van der Waals surface area contributed by atoms with E-state index in [-0.39, 0.29) is 5.41 Å². The van der Waals surface area contributed by atoms with Gasteiger partial charge in [-0.05, 0) is 41.4 Å². The van der Waals surface area contributed by atoms with E-state index >= 15 is 0 Å². The molecule has 1 fully saturated rings. The minimum Gasteiger partial charge on any atom is -0.342 e. The molecule has 1 aromatic carbocycles. The van der Waals surface area contributed by atoms with Crippen LogP contribution >= 0.6 is 0 Å². The fourth-order valence-electron chi connectivity index (χ4n) is 3.81. The Kier molecular flexibility index (Phi) is 3.15. The molecule has 1 heterocycles. The first-order valence-corrected chi connectivity index (χ1v) is 7.77. The van der Waals surface area contributed by atoms with E-state index in [2.05, 4.69) is 39.0 Å². The second kappa shape index (κ2) is 4.61. The number of fused-ring (bicyclic) bond motifs is 3. The molecule has 2 atom stereocenters. The van der Waals surface area contributed by atoms with Crippen molar-refractivity contribution in [3.05, 3.63) is 34.9 Å². The molecular weight excluding hydrogens is 246 g/mol. The molecule has 1 saturated heterocycles. The molecular formula is C18H25NO. The van der Waals surface area contributed by atoms with E-state index in [1.165, 1.54) is 16.7 Å². The van der Waals surface area contributed by atoms with E-state index in [1.54, 1.807) is 0 Å². The number of aryl methyl sites for hydroxylation is 1. The maximum Gasteiger partial charge on any atom is 0.222 e. The summed E-state index contributed by atoms with van der Waals surface area (Å²) in [6, 6.07) is 7.44. The van der Waals surface area contributed by atoms with Crippen LogP contribution in [0.2, 0.25) is 0 Å². The molecule has 0 saturated carbocycles. The molecule has 20 heavy (non-hydrogen) atoms. The molecule has 0 spiro atoms. The van der Waals surface area contributed by atoms with Crippen LogP contribution in [0.1, 0.15) is 62.6 Å². The molecule has 0 aromatic heterocycles. The van der Waals surface area contributed by atoms with Gasteiger partial charge in [0.25, 0.3) is 0 Å². The van der Waals surface area contributed by atoms with Crippen LogP contribution in [0.3, 0.4) is 0 Å². The fraction of sp³-hybridized carbons (Fsp3) is 0.611. The molecule has 0 bridgehead atoms. The quantitative estimate of drug-likeness (QED) is 0.705. The first-order valence-electron chi connectivity index (χ1n) is 7.77. The smallest absolute Gasteiger partial charge is 0.222 e. The summed E-state index contributed by atoms with van der Waals surface area (Å²) < 4.78 is 0. The Morgan fingerprint density at radius 2 is 1.90 bits per heavy atom. The molecule has 2 aliphatic rings. The first-order chi connectivity index (χ1) is 9.38. The van der Waals surface area contributed by atoms with Crippen LogP contribution in [0.4, 0.5) is 0 Å². The van der Waals surface area contributed by atoms with Gasteiger partial charge in [-0.1, -0.05) is 39.0 Å². The van der Waals surface area contributed by atoms with E-state index in [0.717, 1.165) is 19.3 Å². The molecule has 3 rings (SSSR count). The van der Waals surface area contributed by atoms with Crippen LogP contribution in [0, 0.1) is 0 Å². The van der Waals surface area contributed by atoms with Gasteiger partial charge in [0.2, 0.25) is 5.91 Å². The SMILES string of the molecule is CN1C(=O)CC[C@H]2c3ccc(C(C)(C)C)cc3CC[C@@H]21. The lowest BCUT2D eigenvalue weighted by Gasteiger charge is -2.43. The zero-order valence-electron chi connectivity index (χ0n) is 13.1. The molecule has 0 radical (unpaired) electrons. The highest BCUT2D eigenvalue weighted by Crippen LogP contribution is 2.41. The molecule has 1 aliphatic heterocycles. The number of likely N-dealkylation sites (tertiary alicyclic amines) is 1. The van der Waals surface area contributed by atoms with Crippen molar-refractivity contribution in [3.8, 4) is 0 Å². The van der Waals surface area contributed by atoms with Crippen LogP contribution in [-0.4, -0.2) is 23.9 Å². The van der Waals surface area contributed by atoms with Gasteiger partial charge in [-0.2, -0.15) is 0 Å². The van der Waals surface area contributed by atoms with Crippen LogP contribution in [0.5, 0.6) is 0 Å². The Morgan fingerprint density at radius 3 is 2.60 bits per heavy atom. The summed E-state index contributed by atoms with van der Waals surface area (Å²) >= 11 is 0. The summed E-state index contributed by atoms with van der Waals surface area (Å²) in [5.41, 5.74) is 4.65. The lowest BCUT2D eigenvalue weighted by atomic mass is 9.72. The maximum absolute atomic E-state index is 11.9. The number of hydrogen-bond donors (Lipinski definition) is 0. The van der Waals surface area contributed by atoms with Gasteiger partial charge in [-0.3, -0.25) is 4.79 Å². The van der Waals surface area contributed by atoms with Crippen molar-refractivity contribution in [2.24, 2.45) is 0 Å². The number of piperidine rings is 1. The van der Waals surface area contributed by atoms with Gasteiger partial charge < -0.3 is 4.90 Å². The Hall–Kier alpha value is -1.31. The maximum atomic E-state index is 11.9. The van der Waals surface area contributed by atoms with E-state index in [0.29, 0.717) is 24.3 Å². The van der Waals surface area contributed by atoms with Crippen molar-refractivity contribution >= 4 is 5.91 Å². The van der Waals surface area contributed by atoms with Gasteiger partial charge in [0.1, 0.15) is 0 Å². The number of hydrogen-bond acceptors (Lipinski definition) is 1. The predicted molar refractivity (Wildman–Crippen MR) is 82.0 cm³/mol. The molecule has 0 N–H and O–H groups in total. The summed E-state index contributed by atoms with van der Waals surface area (Å²) in [4.78, 5) is 13.9. The van der Waals surface area contributed by atoms with E-state index < -0.39 is 0 Å². The van der Waals surface area contributed by atoms with Crippen molar-refractivity contribution in [1.82, 2.24) is 4.90 Å². The standard InChI is InChI=1S/C18H25NO/c1-18(2,3)13-6-7-14-12(11-13)5-9-16-15(14)8-10-17(20)19(16)4/h6-7,11,15-16H,5,8-10H2,1-4H3/t15-,16-/m0/s1. The van der Waals surface area contributed by atoms with Crippen LogP contribution in [0.25, 0.3) is 0 Å². The van der Waals surface area contributed by atoms with Crippen molar-refractivity contribution < 1.29 is 4.79 Å². The van der Waals surface area contributed by atoms with Crippen molar-refractivity contribution in [2.75, 3.05) is 7.05 Å². The average molecular weight is 271 g/mol. The van der Waals surface area contributed by atoms with Gasteiger partial charge in [-0.25, -0.2) is 0 Å². The topological polar surface area (TPSA) is 20.3 Å². The normalized spacial score (nSPS) is 26.2. The molecule has 1 amide bonds. The van der Waals surface area contributed by atoms with Gasteiger partial charge in [0.05, 0.1) is 0 Å². The molecule has 1 aromatic rings. The summed E-state index contributed by atoms with van der Waals surface area (Å²) in [5, 5.41) is 0. The van der Waals surface area contributed by atoms with Crippen LogP contribution in [-0.2, 0) is 16.6 Å². The molecule has 1 aliphatic carbocycles. The number of rotatable bonds is 0. The summed E-state index contributed by atoms with van der Waals surface area (Å²) in [6.45, 7) is 6.81. The van der Waals surface area contributed by atoms with Crippen molar-refractivity contribution in [2.45, 2.75) is 63.8 Å². The van der Waals surface area contributed by atoms with Gasteiger partial charge >= 0.3 is 0 Å². The Balaban J connectivity index is 1.97. The molecule has 2 nitrogen and oxygen atoms in total. The number of amides is 1. The summed E-state index contributed by atoms with van der Waals surface area (Å²) in [6.07, 6.45) is 3.96. The average Bonchev–Trinajstić information content (AvgIpc) is 2.41. The third kappa shape index (κ3) is 2.15. The summed E-state index contributed by atoms with van der Waals surface area (Å²) in [7, 11) is 1.98. The van der Waals surface area contributed by atoms with Gasteiger partial charge in [0, 0.05) is 25.4 Å². The lowest BCUT2D eigenvalue weighted by Crippen LogP contribution is -2.47. The van der Waals surface area contributed by atoms with Crippen molar-refractivity contribution in [1.29, 1.82) is 0 Å². The third-order valence-corrected chi connectivity index (χ3v) is 5.14. The second-order valence-corrected chi connectivity index (χ2v) is 7.42. The van der Waals surface area contributed by atoms with Crippen LogP contribution < -0.4 is 0 Å². The summed E-state index contributed by atoms with van der Waals surface area (Å²) in [5.74, 6) is 0.872. The van der Waals surface area contributed by atoms with Crippen LogP contribution in [0.15, 0.2) is 18.2 Å². The minimum atomic E-state index is 0.213. The van der Waals surface area contributed by atoms with E-state index in [9.17, 15) is 4.79 Å². The Bertz CT molecular complexity index is 541. The lowest BCUT2D eigenvalue weighted by molar-refractivity contribution is -0.135. The first kappa shape index (κ1) is 13.7. The third-order valence-electron chi connectivity index (χ3n) is 5.14. The number of likely N-dealkylation sites (N-methyl/N-ethyl adjacent to an activating group) is 1. The predicted octanol–water partition coefficient (Wildman–Crippen LogP) is 3.63. The second-order valence-electron chi connectivity index (χ2n) is 7.42. The number of benzene rings is 1. The highest BCUT2D eigenvalue weighted by Gasteiger charge is 2.37. The van der Waals surface area contributed by atoms with E-state index in [4.69, 9.17) is 0 Å². The van der Waals surface area contributed by atoms with Gasteiger partial charge in [0.15, 0.2) is 0 Å². The number of nitrogens with zero attached hydrogens (tertiary/aromatic N) is 1. The minimum absolute atomic E-state index is 0.213. The highest BCUT2D eigenvalue weighted by molar-refractivity contribution is 5.77. The zero-order chi connectivity index (χ0) is 14.5. The molecule has 2 heteroatoms. The van der Waals surface area contributed by atoms with Gasteiger partial charge in [-0.15, -0.1) is 0 Å². The monoisotopic (exact) mass is 271 g/mol. The van der Waals surface area contributed by atoms with Crippen molar-refractivity contribution in [3.63, 3.8) is 0 Å². The number of carbonyl (C=O) groups is 1. The highest BCUT2D eigenvalue weighted by atomic mass is 16.2.